The summed E-state index contributed by atoms with van der Waals surface area (Å²) in [5, 5.41) is 2.78. The Labute approximate surface area is 176 Å². The number of fused-ring (bicyclic) bond motifs is 4. The number of nitrogens with one attached hydrogen (secondary N) is 1. The van der Waals surface area contributed by atoms with Crippen LogP contribution in [0.2, 0.25) is 0 Å². The monoisotopic (exact) mass is 407 g/mol. The Kier molecular flexibility index (Phi) is 5.04. The van der Waals surface area contributed by atoms with Crippen molar-refractivity contribution >= 4 is 17.5 Å². The molecule has 1 aromatic heterocycles. The number of benzene rings is 1. The van der Waals surface area contributed by atoms with E-state index >= 15 is 0 Å². The Balaban J connectivity index is 1.72. The zero-order valence-corrected chi connectivity index (χ0v) is 18.1. The summed E-state index contributed by atoms with van der Waals surface area (Å²) < 4.78 is 1.91. The van der Waals surface area contributed by atoms with E-state index in [2.05, 4.69) is 5.32 Å². The third-order valence-electron chi connectivity index (χ3n) is 6.04. The zero-order valence-electron chi connectivity index (χ0n) is 18.1. The number of likely N-dealkylation sites (tertiary alicyclic amines) is 1. The van der Waals surface area contributed by atoms with E-state index in [1.165, 1.54) is 6.92 Å². The zero-order chi connectivity index (χ0) is 21.6. The number of anilines is 1. The SMILES string of the molecule is CC(=O)Nc1ccc(-c2ccc(=O)n3c2[C@H]2C[C@@H](CN(C(=O)C(C)(C)C)C2)C3)cc1. The van der Waals surface area contributed by atoms with Gasteiger partial charge in [0.05, 0.1) is 0 Å². The second-order valence-electron chi connectivity index (χ2n) is 9.60. The van der Waals surface area contributed by atoms with Crippen molar-refractivity contribution in [2.24, 2.45) is 11.3 Å². The molecule has 1 aromatic carbocycles. The summed E-state index contributed by atoms with van der Waals surface area (Å²) in [6, 6.07) is 11.2. The number of piperidine rings is 1. The van der Waals surface area contributed by atoms with Crippen molar-refractivity contribution in [2.45, 2.75) is 46.6 Å². The van der Waals surface area contributed by atoms with E-state index in [0.29, 0.717) is 25.6 Å². The number of pyridine rings is 1. The molecule has 2 atom stereocenters. The van der Waals surface area contributed by atoms with E-state index in [-0.39, 0.29) is 23.3 Å². The van der Waals surface area contributed by atoms with E-state index < -0.39 is 5.41 Å². The molecule has 2 aliphatic rings. The molecular weight excluding hydrogens is 378 g/mol. The minimum absolute atomic E-state index is 0.0221. The van der Waals surface area contributed by atoms with Crippen LogP contribution in [-0.2, 0) is 16.1 Å². The van der Waals surface area contributed by atoms with E-state index in [4.69, 9.17) is 0 Å². The molecule has 0 spiro atoms. The van der Waals surface area contributed by atoms with Gasteiger partial charge in [-0.25, -0.2) is 0 Å². The second-order valence-corrected chi connectivity index (χ2v) is 9.60. The van der Waals surface area contributed by atoms with Crippen molar-refractivity contribution < 1.29 is 9.59 Å². The third kappa shape index (κ3) is 3.78. The van der Waals surface area contributed by atoms with Crippen LogP contribution in [0.3, 0.4) is 0 Å². The fraction of sp³-hybridized carbons (Fsp3) is 0.458. The van der Waals surface area contributed by atoms with Gasteiger partial charge in [-0.1, -0.05) is 32.9 Å². The minimum atomic E-state index is -0.412. The molecule has 6 nitrogen and oxygen atoms in total. The Morgan fingerprint density at radius 1 is 1.00 bits per heavy atom. The van der Waals surface area contributed by atoms with Crippen molar-refractivity contribution in [1.29, 1.82) is 0 Å². The van der Waals surface area contributed by atoms with Gasteiger partial charge in [0, 0.05) is 60.9 Å². The summed E-state index contributed by atoms with van der Waals surface area (Å²) in [5.41, 5.74) is 3.41. The van der Waals surface area contributed by atoms with Crippen molar-refractivity contribution in [3.05, 3.63) is 52.4 Å². The van der Waals surface area contributed by atoms with E-state index in [0.717, 1.165) is 28.9 Å². The first-order chi connectivity index (χ1) is 14.1. The van der Waals surface area contributed by atoms with E-state index in [1.807, 2.05) is 60.6 Å². The highest BCUT2D eigenvalue weighted by atomic mass is 16.2. The van der Waals surface area contributed by atoms with Crippen LogP contribution in [0.1, 0.15) is 45.7 Å². The molecule has 1 N–H and O–H groups in total. The first kappa shape index (κ1) is 20.4. The number of nitrogens with zero attached hydrogens (tertiary/aromatic N) is 2. The maximum atomic E-state index is 12.9. The molecule has 158 valence electrons. The fourth-order valence-electron chi connectivity index (χ4n) is 4.84. The van der Waals surface area contributed by atoms with Gasteiger partial charge in [0.15, 0.2) is 0 Å². The topological polar surface area (TPSA) is 71.4 Å². The maximum absolute atomic E-state index is 12.9. The number of rotatable bonds is 2. The third-order valence-corrected chi connectivity index (χ3v) is 6.04. The Morgan fingerprint density at radius 3 is 2.33 bits per heavy atom. The molecule has 1 saturated heterocycles. The molecule has 30 heavy (non-hydrogen) atoms. The predicted octanol–water partition coefficient (Wildman–Crippen LogP) is 3.47. The van der Waals surface area contributed by atoms with E-state index in [1.54, 1.807) is 6.07 Å². The fourth-order valence-corrected chi connectivity index (χ4v) is 4.84. The van der Waals surface area contributed by atoms with Gasteiger partial charge in [-0.2, -0.15) is 0 Å². The molecule has 0 unspecified atom stereocenters. The molecule has 1 fully saturated rings. The first-order valence-corrected chi connectivity index (χ1v) is 10.5. The second kappa shape index (κ2) is 7.42. The highest BCUT2D eigenvalue weighted by molar-refractivity contribution is 5.89. The van der Waals surface area contributed by atoms with Crippen LogP contribution in [0.5, 0.6) is 0 Å². The summed E-state index contributed by atoms with van der Waals surface area (Å²) in [6.45, 7) is 9.37. The minimum Gasteiger partial charge on any atom is -0.341 e. The van der Waals surface area contributed by atoms with Crippen molar-refractivity contribution in [3.8, 4) is 11.1 Å². The average Bonchev–Trinajstić information content (AvgIpc) is 2.67. The largest absolute Gasteiger partial charge is 0.341 e. The Hall–Kier alpha value is -2.89. The number of aromatic nitrogens is 1. The molecule has 4 rings (SSSR count). The van der Waals surface area contributed by atoms with Gasteiger partial charge in [0.1, 0.15) is 0 Å². The molecule has 3 heterocycles. The molecule has 2 aromatic rings. The van der Waals surface area contributed by atoms with Gasteiger partial charge in [0.2, 0.25) is 11.8 Å². The first-order valence-electron chi connectivity index (χ1n) is 10.5. The molecular formula is C24H29N3O3. The summed E-state index contributed by atoms with van der Waals surface area (Å²) >= 11 is 0. The summed E-state index contributed by atoms with van der Waals surface area (Å²) in [5.74, 6) is 0.508. The van der Waals surface area contributed by atoms with Gasteiger partial charge in [0.25, 0.3) is 5.56 Å². The summed E-state index contributed by atoms with van der Waals surface area (Å²) in [6.07, 6.45) is 0.994. The van der Waals surface area contributed by atoms with Crippen molar-refractivity contribution in [3.63, 3.8) is 0 Å². The van der Waals surface area contributed by atoms with Crippen LogP contribution in [0.15, 0.2) is 41.2 Å². The lowest BCUT2D eigenvalue weighted by Gasteiger charge is -2.45. The van der Waals surface area contributed by atoms with Gasteiger partial charge >= 0.3 is 0 Å². The molecule has 2 aliphatic heterocycles. The lowest BCUT2D eigenvalue weighted by Crippen LogP contribution is -2.51. The van der Waals surface area contributed by atoms with Crippen LogP contribution in [0.25, 0.3) is 11.1 Å². The Bertz CT molecular complexity index is 1050. The smallest absolute Gasteiger partial charge is 0.250 e. The molecule has 2 bridgehead atoms. The van der Waals surface area contributed by atoms with Crippen molar-refractivity contribution in [2.75, 3.05) is 18.4 Å². The van der Waals surface area contributed by atoms with Crippen LogP contribution in [0, 0.1) is 11.3 Å². The summed E-state index contributed by atoms with van der Waals surface area (Å²) in [4.78, 5) is 38.9. The van der Waals surface area contributed by atoms with Crippen LogP contribution < -0.4 is 10.9 Å². The lowest BCUT2D eigenvalue weighted by molar-refractivity contribution is -0.142. The quantitative estimate of drug-likeness (QED) is 0.829. The molecule has 0 radical (unpaired) electrons. The Morgan fingerprint density at radius 2 is 1.70 bits per heavy atom. The predicted molar refractivity (Wildman–Crippen MR) is 117 cm³/mol. The number of hydrogen-bond acceptors (Lipinski definition) is 3. The number of hydrogen-bond donors (Lipinski definition) is 1. The van der Waals surface area contributed by atoms with Crippen LogP contribution >= 0.6 is 0 Å². The normalized spacial score (nSPS) is 20.5. The lowest BCUT2D eigenvalue weighted by atomic mass is 9.79. The average molecular weight is 408 g/mol. The van der Waals surface area contributed by atoms with Crippen LogP contribution in [0.4, 0.5) is 5.69 Å². The van der Waals surface area contributed by atoms with Crippen LogP contribution in [-0.4, -0.2) is 34.4 Å². The highest BCUT2D eigenvalue weighted by Crippen LogP contribution is 2.40. The van der Waals surface area contributed by atoms with Gasteiger partial charge in [-0.15, -0.1) is 0 Å². The summed E-state index contributed by atoms with van der Waals surface area (Å²) in [7, 11) is 0. The maximum Gasteiger partial charge on any atom is 0.250 e. The standard InChI is InChI=1S/C24H29N3O3/c1-15(28)25-19-7-5-17(6-8-19)20-9-10-21(29)27-13-16-11-18(22(20)27)14-26(12-16)23(30)24(2,3)4/h5-10,16,18H,11-14H2,1-4H3,(H,25,28)/t16-,18-/m0/s1. The number of carbonyl (C=O) groups is 2. The molecule has 2 amide bonds. The van der Waals surface area contributed by atoms with Gasteiger partial charge < -0.3 is 14.8 Å². The van der Waals surface area contributed by atoms with Gasteiger partial charge in [-0.3, -0.25) is 14.4 Å². The molecule has 0 aliphatic carbocycles. The van der Waals surface area contributed by atoms with Gasteiger partial charge in [-0.05, 0) is 36.1 Å². The molecule has 6 heteroatoms. The van der Waals surface area contributed by atoms with Crippen molar-refractivity contribution in [1.82, 2.24) is 9.47 Å². The van der Waals surface area contributed by atoms with E-state index in [9.17, 15) is 14.4 Å². The number of amides is 2. The highest BCUT2D eigenvalue weighted by Gasteiger charge is 2.40. The molecule has 0 saturated carbocycles. The number of carbonyl (C=O) groups excluding carboxylic acids is 2.